The number of nitrogens with zero attached hydrogens (tertiary/aromatic N) is 2. The van der Waals surface area contributed by atoms with Crippen molar-refractivity contribution in [2.75, 3.05) is 6.54 Å². The summed E-state index contributed by atoms with van der Waals surface area (Å²) in [6.45, 7) is 7.29. The molecule has 2 atom stereocenters. The van der Waals surface area contributed by atoms with E-state index >= 15 is 0 Å². The molecule has 0 bridgehead atoms. The maximum atomic E-state index is 12.1. The number of rotatable bonds is 2. The summed E-state index contributed by atoms with van der Waals surface area (Å²) in [4.78, 5) is 25.2. The van der Waals surface area contributed by atoms with Gasteiger partial charge in [0.05, 0.1) is 11.7 Å². The maximum Gasteiger partial charge on any atom is 0.245 e. The Balaban J connectivity index is 2.30. The number of piperazine rings is 1. The third kappa shape index (κ3) is 1.98. The molecule has 2 unspecified atom stereocenters. The number of amides is 2. The largest absolute Gasteiger partial charge is 0.361 e. The standard InChI is InChI=1S/C12H17N3O3/c1-6-11(9(4)18-14-6)8(3)15-5-10(16)13-7(2)12(15)17/h7-8H,5H2,1-4H3,(H,13,16). The van der Waals surface area contributed by atoms with Gasteiger partial charge in [-0.3, -0.25) is 9.59 Å². The van der Waals surface area contributed by atoms with E-state index in [4.69, 9.17) is 4.52 Å². The number of hydrogen-bond donors (Lipinski definition) is 1. The average Bonchev–Trinajstić information content (AvgIpc) is 2.63. The van der Waals surface area contributed by atoms with Crippen molar-refractivity contribution in [3.8, 4) is 0 Å². The molecular weight excluding hydrogens is 234 g/mol. The van der Waals surface area contributed by atoms with E-state index in [0.29, 0.717) is 5.76 Å². The van der Waals surface area contributed by atoms with Gasteiger partial charge in [-0.25, -0.2) is 0 Å². The van der Waals surface area contributed by atoms with Crippen LogP contribution in [0.2, 0.25) is 0 Å². The molecule has 1 fully saturated rings. The summed E-state index contributed by atoms with van der Waals surface area (Å²) in [7, 11) is 0. The Kier molecular flexibility index (Phi) is 3.11. The second-order valence-corrected chi connectivity index (χ2v) is 4.67. The molecule has 6 nitrogen and oxygen atoms in total. The molecule has 0 aliphatic carbocycles. The predicted molar refractivity (Wildman–Crippen MR) is 63.7 cm³/mol. The van der Waals surface area contributed by atoms with Gasteiger partial charge in [0, 0.05) is 5.56 Å². The smallest absolute Gasteiger partial charge is 0.245 e. The van der Waals surface area contributed by atoms with Gasteiger partial charge < -0.3 is 14.7 Å². The zero-order valence-electron chi connectivity index (χ0n) is 11.0. The molecule has 6 heteroatoms. The zero-order valence-corrected chi connectivity index (χ0v) is 11.0. The van der Waals surface area contributed by atoms with Crippen LogP contribution in [0.25, 0.3) is 0 Å². The number of carbonyl (C=O) groups excluding carboxylic acids is 2. The van der Waals surface area contributed by atoms with Gasteiger partial charge in [-0.2, -0.15) is 0 Å². The highest BCUT2D eigenvalue weighted by molar-refractivity contribution is 5.94. The lowest BCUT2D eigenvalue weighted by atomic mass is 10.0. The zero-order chi connectivity index (χ0) is 13.4. The number of hydrogen-bond acceptors (Lipinski definition) is 4. The summed E-state index contributed by atoms with van der Waals surface area (Å²) >= 11 is 0. The third-order valence-corrected chi connectivity index (χ3v) is 3.32. The van der Waals surface area contributed by atoms with Crippen molar-refractivity contribution in [3.05, 3.63) is 17.0 Å². The lowest BCUT2D eigenvalue weighted by Gasteiger charge is -2.35. The van der Waals surface area contributed by atoms with E-state index < -0.39 is 6.04 Å². The summed E-state index contributed by atoms with van der Waals surface area (Å²) in [5.41, 5.74) is 1.64. The van der Waals surface area contributed by atoms with Gasteiger partial charge in [0.25, 0.3) is 0 Å². The Morgan fingerprint density at radius 1 is 1.44 bits per heavy atom. The average molecular weight is 251 g/mol. The highest BCUT2D eigenvalue weighted by atomic mass is 16.5. The fourth-order valence-corrected chi connectivity index (χ4v) is 2.40. The molecule has 0 spiro atoms. The first-order valence-corrected chi connectivity index (χ1v) is 5.94. The molecule has 2 amide bonds. The van der Waals surface area contributed by atoms with Gasteiger partial charge in [-0.1, -0.05) is 5.16 Å². The SMILES string of the molecule is Cc1noc(C)c1C(C)N1CC(=O)NC(C)C1=O. The number of aryl methyl sites for hydroxylation is 2. The van der Waals surface area contributed by atoms with Crippen LogP contribution in [0.1, 0.15) is 36.9 Å². The van der Waals surface area contributed by atoms with Gasteiger partial charge in [0.15, 0.2) is 0 Å². The lowest BCUT2D eigenvalue weighted by Crippen LogP contribution is -2.57. The second kappa shape index (κ2) is 4.44. The Bertz CT molecular complexity index is 475. The Morgan fingerprint density at radius 3 is 2.67 bits per heavy atom. The molecule has 2 rings (SSSR count). The molecule has 98 valence electrons. The number of aromatic nitrogens is 1. The van der Waals surface area contributed by atoms with Crippen LogP contribution in [-0.2, 0) is 9.59 Å². The van der Waals surface area contributed by atoms with Crippen LogP contribution in [0, 0.1) is 13.8 Å². The van der Waals surface area contributed by atoms with Crippen molar-refractivity contribution < 1.29 is 14.1 Å². The molecule has 1 aliphatic heterocycles. The summed E-state index contributed by atoms with van der Waals surface area (Å²) in [5, 5.41) is 6.50. The predicted octanol–water partition coefficient (Wildman–Crippen LogP) is 0.699. The molecule has 18 heavy (non-hydrogen) atoms. The van der Waals surface area contributed by atoms with E-state index in [9.17, 15) is 9.59 Å². The first-order chi connectivity index (χ1) is 8.41. The van der Waals surface area contributed by atoms with Crippen molar-refractivity contribution >= 4 is 11.8 Å². The van der Waals surface area contributed by atoms with E-state index in [2.05, 4.69) is 10.5 Å². The molecular formula is C12H17N3O3. The molecule has 1 saturated heterocycles. The maximum absolute atomic E-state index is 12.1. The molecule has 1 N–H and O–H groups in total. The lowest BCUT2D eigenvalue weighted by molar-refractivity contribution is -0.145. The van der Waals surface area contributed by atoms with E-state index in [1.165, 1.54) is 0 Å². The first kappa shape index (κ1) is 12.6. The minimum Gasteiger partial charge on any atom is -0.361 e. The van der Waals surface area contributed by atoms with Crippen LogP contribution in [0.5, 0.6) is 0 Å². The van der Waals surface area contributed by atoms with Gasteiger partial charge >= 0.3 is 0 Å². The fourth-order valence-electron chi connectivity index (χ4n) is 2.40. The minimum atomic E-state index is -0.478. The topological polar surface area (TPSA) is 75.4 Å². The summed E-state index contributed by atoms with van der Waals surface area (Å²) in [6, 6.07) is -0.688. The van der Waals surface area contributed by atoms with Crippen molar-refractivity contribution in [1.82, 2.24) is 15.4 Å². The van der Waals surface area contributed by atoms with Gasteiger partial charge in [0.1, 0.15) is 18.3 Å². The van der Waals surface area contributed by atoms with E-state index in [1.807, 2.05) is 20.8 Å². The third-order valence-electron chi connectivity index (χ3n) is 3.32. The van der Waals surface area contributed by atoms with Crippen molar-refractivity contribution in [3.63, 3.8) is 0 Å². The van der Waals surface area contributed by atoms with Crippen molar-refractivity contribution in [2.24, 2.45) is 0 Å². The van der Waals surface area contributed by atoms with E-state index in [1.54, 1.807) is 11.8 Å². The van der Waals surface area contributed by atoms with Gasteiger partial charge in [-0.05, 0) is 27.7 Å². The molecule has 0 radical (unpaired) electrons. The minimum absolute atomic E-state index is 0.0778. The molecule has 1 aliphatic rings. The molecule has 0 saturated carbocycles. The summed E-state index contributed by atoms with van der Waals surface area (Å²) in [5.74, 6) is 0.467. The first-order valence-electron chi connectivity index (χ1n) is 5.94. The van der Waals surface area contributed by atoms with Gasteiger partial charge in [0.2, 0.25) is 11.8 Å². The van der Waals surface area contributed by atoms with Crippen LogP contribution < -0.4 is 5.32 Å². The highest BCUT2D eigenvalue weighted by Gasteiger charge is 2.34. The molecule has 1 aromatic rings. The fraction of sp³-hybridized carbons (Fsp3) is 0.583. The number of nitrogens with one attached hydrogen (secondary N) is 1. The highest BCUT2D eigenvalue weighted by Crippen LogP contribution is 2.27. The van der Waals surface area contributed by atoms with E-state index in [0.717, 1.165) is 11.3 Å². The van der Waals surface area contributed by atoms with Crippen LogP contribution >= 0.6 is 0 Å². The van der Waals surface area contributed by atoms with Crippen LogP contribution in [0.3, 0.4) is 0 Å². The van der Waals surface area contributed by atoms with Crippen LogP contribution in [0.15, 0.2) is 4.52 Å². The van der Waals surface area contributed by atoms with Crippen LogP contribution in [-0.4, -0.2) is 34.5 Å². The van der Waals surface area contributed by atoms with Crippen molar-refractivity contribution in [1.29, 1.82) is 0 Å². The monoisotopic (exact) mass is 251 g/mol. The molecule has 1 aromatic heterocycles. The van der Waals surface area contributed by atoms with E-state index in [-0.39, 0.29) is 24.4 Å². The summed E-state index contributed by atoms with van der Waals surface area (Å²) < 4.78 is 5.11. The summed E-state index contributed by atoms with van der Waals surface area (Å²) in [6.07, 6.45) is 0. The van der Waals surface area contributed by atoms with Crippen molar-refractivity contribution in [2.45, 2.75) is 39.8 Å². The Morgan fingerprint density at radius 2 is 2.11 bits per heavy atom. The normalized spacial score (nSPS) is 22.0. The number of carbonyl (C=O) groups is 2. The Labute approximate surface area is 105 Å². The Hall–Kier alpha value is -1.85. The van der Waals surface area contributed by atoms with Gasteiger partial charge in [-0.15, -0.1) is 0 Å². The second-order valence-electron chi connectivity index (χ2n) is 4.67. The molecule has 2 heterocycles. The molecule has 0 aromatic carbocycles. The van der Waals surface area contributed by atoms with Crippen LogP contribution in [0.4, 0.5) is 0 Å². The quantitative estimate of drug-likeness (QED) is 0.839.